The van der Waals surface area contributed by atoms with Crippen LogP contribution in [0.2, 0.25) is 0 Å². The van der Waals surface area contributed by atoms with Gasteiger partial charge >= 0.3 is 12.0 Å². The number of nitrogens with one attached hydrogen (secondary N) is 13. The summed E-state index contributed by atoms with van der Waals surface area (Å²) in [6, 6.07) is -11.9. The van der Waals surface area contributed by atoms with Gasteiger partial charge in [0, 0.05) is 36.4 Å². The Kier molecular flexibility index (Phi) is 41.9. The van der Waals surface area contributed by atoms with Crippen molar-refractivity contribution < 1.29 is 103 Å². The summed E-state index contributed by atoms with van der Waals surface area (Å²) < 4.78 is -1.51. The maximum absolute atomic E-state index is 14.4. The van der Waals surface area contributed by atoms with E-state index in [0.717, 1.165) is 6.92 Å². The van der Waals surface area contributed by atoms with Crippen LogP contribution in [0.15, 0.2) is 53.5 Å². The molecule has 0 unspecified atom stereocenters. The number of hydrogen-bond donors (Lipinski definition) is 29. The summed E-state index contributed by atoms with van der Waals surface area (Å²) in [7, 11) is 0. The molecular formula is C65H106N22O21S2. The minimum Gasteiger partial charge on any atom is -0.508 e. The van der Waals surface area contributed by atoms with Gasteiger partial charge in [0.15, 0.2) is 5.96 Å². The van der Waals surface area contributed by atoms with Crippen LogP contribution >= 0.6 is 25.3 Å². The lowest BCUT2D eigenvalue weighted by Gasteiger charge is -2.33. The molecule has 0 radical (unpaired) electrons. The second-order valence-corrected chi connectivity index (χ2v) is 27.4. The van der Waals surface area contributed by atoms with Gasteiger partial charge in [0.25, 0.3) is 0 Å². The number of benzene rings is 2. The topological polar surface area (TPSA) is 754 Å². The number of aliphatic hydroxyl groups excluding tert-OH is 3. The van der Waals surface area contributed by atoms with Crippen LogP contribution in [-0.4, -0.2) is 266 Å². The smallest absolute Gasteiger partial charge is 0.326 e. The van der Waals surface area contributed by atoms with E-state index in [1.165, 1.54) is 69.3 Å². The fourth-order valence-electron chi connectivity index (χ4n) is 10.2. The van der Waals surface area contributed by atoms with Crippen LogP contribution in [0.5, 0.6) is 11.5 Å². The molecule has 2 aromatic rings. The van der Waals surface area contributed by atoms with E-state index in [2.05, 4.69) is 99.4 Å². The van der Waals surface area contributed by atoms with Crippen LogP contribution in [0, 0.1) is 0 Å². The number of thiol groups is 2. The maximum atomic E-state index is 14.4. The Bertz CT molecular complexity index is 3480. The molecule has 45 heteroatoms. The SMILES string of the molecule is C[C@@H](O)[C@H](N)C(=O)N[C@@H](Cc1ccc(O)cc1)C(=O)N[C@H](C(=O)N[C@@H](CC(N)=O)C(=O)N[C@@H](CCCN=C(N)N)C(=O)N[C@@H](CCN)C(=O)N[C@H](C(=O)N[C@H](CCN)C(=O)N[C@@H](CCCNC(N)=O)C(=O)N[C@@H](CS)C(=O)N[C@@H](CCN)C(=O)N[C@@H](CO)C(=O)N[C@@H](Cc1ccc(O)cc1)C(=O)O)[C@@H](C)O)C(C)(C)S. The van der Waals surface area contributed by atoms with E-state index in [9.17, 15) is 103 Å². The highest BCUT2D eigenvalue weighted by molar-refractivity contribution is 7.81. The zero-order valence-electron chi connectivity index (χ0n) is 61.1. The van der Waals surface area contributed by atoms with Crippen LogP contribution in [0.1, 0.15) is 90.2 Å². The number of guanidine groups is 1. The number of aliphatic carboxylic acids is 1. The summed E-state index contributed by atoms with van der Waals surface area (Å²) >= 11 is 8.69. The van der Waals surface area contributed by atoms with Crippen LogP contribution in [0.25, 0.3) is 0 Å². The molecule has 110 heavy (non-hydrogen) atoms. The van der Waals surface area contributed by atoms with Crippen molar-refractivity contribution in [1.29, 1.82) is 0 Å². The molecule has 614 valence electrons. The number of rotatable bonds is 50. The number of primary amides is 2. The Morgan fingerprint density at radius 2 is 0.827 bits per heavy atom. The van der Waals surface area contributed by atoms with Gasteiger partial charge in [-0.15, -0.1) is 0 Å². The second kappa shape index (κ2) is 48.2. The summed E-state index contributed by atoms with van der Waals surface area (Å²) in [5.41, 5.74) is 45.9. The number of carbonyl (C=O) groups excluding carboxylic acids is 14. The zero-order valence-corrected chi connectivity index (χ0v) is 62.9. The lowest BCUT2D eigenvalue weighted by atomic mass is 9.99. The molecule has 15 atom stereocenters. The molecule has 2 aromatic carbocycles. The number of amides is 15. The van der Waals surface area contributed by atoms with Crippen molar-refractivity contribution in [2.75, 3.05) is 45.1 Å². The number of urea groups is 1. The average molecular weight is 1600 g/mol. The van der Waals surface area contributed by atoms with Gasteiger partial charge in [0.05, 0.1) is 25.2 Å². The number of phenols is 2. The molecule has 0 aromatic heterocycles. The molecule has 0 spiro atoms. The summed E-state index contributed by atoms with van der Waals surface area (Å²) in [5, 5.41) is 91.0. The summed E-state index contributed by atoms with van der Waals surface area (Å²) in [4.78, 5) is 208. The van der Waals surface area contributed by atoms with Crippen molar-refractivity contribution in [3.63, 3.8) is 0 Å². The van der Waals surface area contributed by atoms with Crippen molar-refractivity contribution in [1.82, 2.24) is 69.1 Å². The lowest BCUT2D eigenvalue weighted by molar-refractivity contribution is -0.142. The molecular weight excluding hydrogens is 1490 g/mol. The Balaban J connectivity index is 2.44. The zero-order chi connectivity index (χ0) is 83.3. The van der Waals surface area contributed by atoms with Crippen molar-refractivity contribution in [3.8, 4) is 11.5 Å². The van der Waals surface area contributed by atoms with Crippen molar-refractivity contribution in [2.24, 2.45) is 50.9 Å². The van der Waals surface area contributed by atoms with E-state index in [1.807, 2.05) is 0 Å². The van der Waals surface area contributed by atoms with Crippen LogP contribution in [-0.2, 0) is 80.0 Å². The molecule has 0 aliphatic rings. The van der Waals surface area contributed by atoms with Crippen molar-refractivity contribution >= 4 is 120 Å². The highest BCUT2D eigenvalue weighted by Gasteiger charge is 2.41. The van der Waals surface area contributed by atoms with Gasteiger partial charge < -0.3 is 146 Å². The van der Waals surface area contributed by atoms with E-state index in [0.29, 0.717) is 11.1 Å². The van der Waals surface area contributed by atoms with Gasteiger partial charge in [-0.3, -0.25) is 67.3 Å². The third-order valence-corrected chi connectivity index (χ3v) is 16.9. The Hall–Kier alpha value is -10.4. The number of aliphatic imine (C=N–C) groups is 1. The number of phenolic OH excluding ortho intramolecular Hbond substituents is 2. The van der Waals surface area contributed by atoms with E-state index in [1.54, 1.807) is 0 Å². The maximum Gasteiger partial charge on any atom is 0.326 e. The lowest BCUT2D eigenvalue weighted by Crippen LogP contribution is -2.64. The van der Waals surface area contributed by atoms with Crippen LogP contribution < -0.4 is 115 Å². The second-order valence-electron chi connectivity index (χ2n) is 25.9. The van der Waals surface area contributed by atoms with Gasteiger partial charge in [-0.25, -0.2) is 9.59 Å². The van der Waals surface area contributed by atoms with Crippen molar-refractivity contribution in [3.05, 3.63) is 59.7 Å². The molecule has 2 rings (SSSR count). The van der Waals surface area contributed by atoms with Crippen molar-refractivity contribution in [2.45, 2.75) is 187 Å². The molecule has 35 N–H and O–H groups in total. The predicted octanol–water partition coefficient (Wildman–Crippen LogP) is -11.1. The quantitative estimate of drug-likeness (QED) is 0.0127. The minimum atomic E-state index is -1.97. The number of aromatic hydroxyl groups is 2. The van der Waals surface area contributed by atoms with Crippen LogP contribution in [0.3, 0.4) is 0 Å². The third-order valence-electron chi connectivity index (χ3n) is 16.3. The van der Waals surface area contributed by atoms with E-state index in [-0.39, 0.29) is 102 Å². The fraction of sp³-hybridized carbons (Fsp3) is 0.569. The number of carboxylic acid groups (broad SMARTS) is 1. The third kappa shape index (κ3) is 34.4. The first-order valence-corrected chi connectivity index (χ1v) is 35.7. The Labute approximate surface area is 643 Å². The van der Waals surface area contributed by atoms with E-state index >= 15 is 0 Å². The first kappa shape index (κ1) is 95.7. The minimum absolute atomic E-state index is 0.0694. The van der Waals surface area contributed by atoms with Gasteiger partial charge in [0.1, 0.15) is 90.0 Å². The largest absolute Gasteiger partial charge is 0.508 e. The molecule has 43 nitrogen and oxygen atoms in total. The number of nitrogens with zero attached hydrogens (tertiary/aromatic N) is 1. The molecule has 15 amide bonds. The number of carboxylic acids is 1. The predicted molar refractivity (Wildman–Crippen MR) is 401 cm³/mol. The van der Waals surface area contributed by atoms with Gasteiger partial charge in [-0.1, -0.05) is 24.3 Å². The van der Waals surface area contributed by atoms with E-state index in [4.69, 9.17) is 45.9 Å². The molecule has 0 aliphatic heterocycles. The normalized spacial score (nSPS) is 15.3. The fourth-order valence-corrected chi connectivity index (χ4v) is 10.6. The van der Waals surface area contributed by atoms with Gasteiger partial charge in [-0.05, 0) is 128 Å². The molecule has 0 saturated heterocycles. The number of hydrogen-bond acceptors (Lipinski definition) is 27. The Morgan fingerprint density at radius 3 is 1.23 bits per heavy atom. The highest BCUT2D eigenvalue weighted by atomic mass is 32.1. The standard InChI is InChI=1S/C65H106N22O21S2/c1-30(89)47(70)59(103)81-41(25-32-9-13-34(91)14-10-32)56(100)87-49(65(3,4)110)61(105)82-42(27-46(69)93)55(99)77-36(7-5-23-74-63(71)72)50(94)78-40(19-22-68)54(98)86-48(31(2)90)60(104)80-39(18-21-67)52(96)76-37(8-6-24-75-64(73)108)51(95)85-45(29-109)58(102)79-38(17-20-66)53(97)84-44(28-88)57(101)83-43(62(106)107)26-33-11-15-35(92)16-12-33/h9-16,30-31,36-45,47-49,88-92,109-110H,5-8,17-29,66-68,70H2,1-4H3,(H2,69,93)(H,76,96)(H,77,99)(H,78,94)(H,79,102)(H,80,104)(H,81,103)(H,82,105)(H,83,101)(H,84,97)(H,85,95)(H,86,98)(H,87,100)(H,106,107)(H4,71,72,74)(H3,73,75,108)/t30-,31-,36+,37+,38+,39-,40+,41+,42+,43+,44+,45+,47+,48+,49-/m1/s1. The number of carbonyl (C=O) groups is 15. The Morgan fingerprint density at radius 1 is 0.464 bits per heavy atom. The summed E-state index contributed by atoms with van der Waals surface area (Å²) in [6.45, 7) is 2.78. The number of nitrogens with two attached hydrogens (primary N) is 8. The van der Waals surface area contributed by atoms with Gasteiger partial charge in [-0.2, -0.15) is 25.3 Å². The first-order valence-electron chi connectivity index (χ1n) is 34.6. The van der Waals surface area contributed by atoms with Crippen LogP contribution in [0.4, 0.5) is 4.79 Å². The molecule has 0 heterocycles. The van der Waals surface area contributed by atoms with E-state index < -0.39 is 209 Å². The number of aliphatic hydroxyl groups is 3. The molecule has 0 saturated carbocycles. The highest BCUT2D eigenvalue weighted by Crippen LogP contribution is 2.20. The van der Waals surface area contributed by atoms with Gasteiger partial charge in [0.2, 0.25) is 76.8 Å². The molecule has 0 bridgehead atoms. The first-order chi connectivity index (χ1) is 51.6. The molecule has 0 aliphatic carbocycles. The summed E-state index contributed by atoms with van der Waals surface area (Å²) in [6.07, 6.45) is -6.50. The summed E-state index contributed by atoms with van der Waals surface area (Å²) in [5.74, 6) is -17.1. The molecule has 0 fully saturated rings. The monoisotopic (exact) mass is 1590 g/mol. The average Bonchev–Trinajstić information content (AvgIpc) is 0.837.